The first-order chi connectivity index (χ1) is 13.8. The molecule has 0 fully saturated rings. The van der Waals surface area contributed by atoms with Crippen LogP contribution in [0.5, 0.6) is 0 Å². The molecular weight excluding hydrogens is 374 g/mol. The Hall–Kier alpha value is -3.82. The van der Waals surface area contributed by atoms with Gasteiger partial charge in [0.15, 0.2) is 5.82 Å². The molecule has 10 nitrogen and oxygen atoms in total. The van der Waals surface area contributed by atoms with Gasteiger partial charge in [-0.25, -0.2) is 4.98 Å². The number of anilines is 2. The van der Waals surface area contributed by atoms with Crippen LogP contribution in [0.2, 0.25) is 0 Å². The van der Waals surface area contributed by atoms with Crippen molar-refractivity contribution in [2.24, 2.45) is 21.1 Å². The van der Waals surface area contributed by atoms with E-state index >= 15 is 0 Å². The Morgan fingerprint density at radius 1 is 0.862 bits per heavy atom. The summed E-state index contributed by atoms with van der Waals surface area (Å²) in [6.07, 6.45) is 6.51. The van der Waals surface area contributed by atoms with Crippen LogP contribution in [0.15, 0.2) is 36.9 Å². The van der Waals surface area contributed by atoms with Gasteiger partial charge in [-0.3, -0.25) is 14.4 Å². The molecule has 0 aliphatic rings. The van der Waals surface area contributed by atoms with Crippen molar-refractivity contribution in [2.75, 3.05) is 17.2 Å². The number of imidazole rings is 1. The molecule has 3 heterocycles. The van der Waals surface area contributed by atoms with Gasteiger partial charge in [-0.15, -0.1) is 0 Å². The van der Waals surface area contributed by atoms with Crippen LogP contribution in [-0.4, -0.2) is 43.0 Å². The van der Waals surface area contributed by atoms with Gasteiger partial charge in [-0.05, 0) is 19.1 Å². The van der Waals surface area contributed by atoms with Gasteiger partial charge in [0.05, 0.1) is 11.4 Å². The molecule has 0 unspecified atom stereocenters. The minimum absolute atomic E-state index is 0.214. The summed E-state index contributed by atoms with van der Waals surface area (Å²) < 4.78 is 4.86. The first-order valence-electron chi connectivity index (χ1n) is 9.01. The molecule has 3 aromatic heterocycles. The second-order valence-corrected chi connectivity index (χ2v) is 6.58. The molecule has 0 spiro atoms. The van der Waals surface area contributed by atoms with E-state index in [1.54, 1.807) is 65.6 Å². The van der Waals surface area contributed by atoms with Crippen molar-refractivity contribution in [1.82, 2.24) is 24.0 Å². The van der Waals surface area contributed by atoms with Crippen LogP contribution >= 0.6 is 0 Å². The third kappa shape index (κ3) is 4.21. The first-order valence-corrected chi connectivity index (χ1v) is 9.01. The second kappa shape index (κ2) is 8.05. The van der Waals surface area contributed by atoms with E-state index in [9.17, 15) is 14.4 Å². The number of amides is 3. The molecule has 0 bridgehead atoms. The highest BCUT2D eigenvalue weighted by Crippen LogP contribution is 2.18. The van der Waals surface area contributed by atoms with E-state index in [1.165, 1.54) is 6.20 Å². The molecule has 0 aliphatic carbocycles. The zero-order valence-corrected chi connectivity index (χ0v) is 16.7. The van der Waals surface area contributed by atoms with Crippen LogP contribution in [0.4, 0.5) is 11.4 Å². The summed E-state index contributed by atoms with van der Waals surface area (Å²) in [5.41, 5.74) is 1.76. The van der Waals surface area contributed by atoms with E-state index in [0.29, 0.717) is 29.3 Å². The Balaban J connectivity index is 1.72. The Kier molecular flexibility index (Phi) is 5.53. The van der Waals surface area contributed by atoms with Gasteiger partial charge in [0, 0.05) is 52.5 Å². The summed E-state index contributed by atoms with van der Waals surface area (Å²) in [6.45, 7) is 2.35. The topological polar surface area (TPSA) is 115 Å². The summed E-state index contributed by atoms with van der Waals surface area (Å²) in [6, 6.07) is 3.18. The maximum Gasteiger partial charge on any atom is 0.291 e. The van der Waals surface area contributed by atoms with Crippen LogP contribution in [0.3, 0.4) is 0 Å². The Bertz CT molecular complexity index is 1070. The number of carbonyl (C=O) groups is 3. The quantitative estimate of drug-likeness (QED) is 0.582. The number of hydrogen-bond donors (Lipinski definition) is 3. The molecule has 0 radical (unpaired) electrons. The van der Waals surface area contributed by atoms with Gasteiger partial charge in [0.25, 0.3) is 17.7 Å². The smallest absolute Gasteiger partial charge is 0.291 e. The molecular formula is C19H23N7O3. The standard InChI is InChI=1S/C19H23N7O3/c1-5-20-17(27)14-8-12(10-25(14)3)22-18(28)15-9-13(11-26(15)4)23-19(29)16-21-6-7-24(16)2/h6-11H,5H2,1-4H3,(H,20,27)(H,22,28)(H,23,29). The van der Waals surface area contributed by atoms with Gasteiger partial charge in [-0.1, -0.05) is 0 Å². The molecule has 3 N–H and O–H groups in total. The molecule has 0 saturated carbocycles. The monoisotopic (exact) mass is 397 g/mol. The van der Waals surface area contributed by atoms with Crippen LogP contribution in [0, 0.1) is 0 Å². The number of nitrogens with zero attached hydrogens (tertiary/aromatic N) is 4. The third-order valence-corrected chi connectivity index (χ3v) is 4.35. The third-order valence-electron chi connectivity index (χ3n) is 4.35. The number of aromatic nitrogens is 4. The normalized spacial score (nSPS) is 10.6. The second-order valence-electron chi connectivity index (χ2n) is 6.58. The van der Waals surface area contributed by atoms with Crippen molar-refractivity contribution in [1.29, 1.82) is 0 Å². The fraction of sp³-hybridized carbons (Fsp3) is 0.263. The van der Waals surface area contributed by atoms with Gasteiger partial charge in [0.1, 0.15) is 11.4 Å². The van der Waals surface area contributed by atoms with E-state index in [0.717, 1.165) is 0 Å². The van der Waals surface area contributed by atoms with E-state index in [-0.39, 0.29) is 23.5 Å². The molecule has 10 heteroatoms. The highest BCUT2D eigenvalue weighted by atomic mass is 16.2. The van der Waals surface area contributed by atoms with Crippen molar-refractivity contribution >= 4 is 29.1 Å². The number of nitrogens with one attached hydrogen (secondary N) is 3. The Morgan fingerprint density at radius 2 is 1.41 bits per heavy atom. The summed E-state index contributed by atoms with van der Waals surface area (Å²) >= 11 is 0. The van der Waals surface area contributed by atoms with Crippen molar-refractivity contribution in [3.8, 4) is 0 Å². The molecule has 29 heavy (non-hydrogen) atoms. The lowest BCUT2D eigenvalue weighted by molar-refractivity contribution is 0.0946. The highest BCUT2D eigenvalue weighted by molar-refractivity contribution is 6.06. The molecule has 3 aromatic rings. The fourth-order valence-corrected chi connectivity index (χ4v) is 2.93. The highest BCUT2D eigenvalue weighted by Gasteiger charge is 2.18. The van der Waals surface area contributed by atoms with Gasteiger partial charge >= 0.3 is 0 Å². The van der Waals surface area contributed by atoms with Crippen LogP contribution in [0.1, 0.15) is 38.5 Å². The van der Waals surface area contributed by atoms with Crippen molar-refractivity contribution in [2.45, 2.75) is 6.92 Å². The van der Waals surface area contributed by atoms with E-state index in [2.05, 4.69) is 20.9 Å². The van der Waals surface area contributed by atoms with Crippen molar-refractivity contribution < 1.29 is 14.4 Å². The zero-order chi connectivity index (χ0) is 21.1. The first kappa shape index (κ1) is 19.9. The van der Waals surface area contributed by atoms with Gasteiger partial charge in [0.2, 0.25) is 0 Å². The average molecular weight is 397 g/mol. The fourth-order valence-electron chi connectivity index (χ4n) is 2.93. The van der Waals surface area contributed by atoms with E-state index in [1.807, 2.05) is 6.92 Å². The Labute approximate surface area is 167 Å². The minimum atomic E-state index is -0.371. The summed E-state index contributed by atoms with van der Waals surface area (Å²) in [5, 5.41) is 8.22. The number of aryl methyl sites for hydroxylation is 3. The lowest BCUT2D eigenvalue weighted by Crippen LogP contribution is -2.24. The molecule has 0 atom stereocenters. The number of hydrogen-bond acceptors (Lipinski definition) is 4. The Morgan fingerprint density at radius 3 is 1.93 bits per heavy atom. The SMILES string of the molecule is CCNC(=O)c1cc(NC(=O)c2cc(NC(=O)c3nccn3C)cn2C)cn1C. The van der Waals surface area contributed by atoms with Crippen LogP contribution in [0.25, 0.3) is 0 Å². The number of carbonyl (C=O) groups excluding carboxylic acids is 3. The molecule has 0 aromatic carbocycles. The molecule has 152 valence electrons. The van der Waals surface area contributed by atoms with E-state index < -0.39 is 0 Å². The van der Waals surface area contributed by atoms with E-state index in [4.69, 9.17) is 0 Å². The largest absolute Gasteiger partial charge is 0.351 e. The molecule has 0 saturated heterocycles. The maximum absolute atomic E-state index is 12.7. The summed E-state index contributed by atoms with van der Waals surface area (Å²) in [4.78, 5) is 41.0. The van der Waals surface area contributed by atoms with Crippen LogP contribution < -0.4 is 16.0 Å². The molecule has 0 aliphatic heterocycles. The zero-order valence-electron chi connectivity index (χ0n) is 16.7. The lowest BCUT2D eigenvalue weighted by Gasteiger charge is -2.03. The summed E-state index contributed by atoms with van der Waals surface area (Å²) in [5.74, 6) is -0.682. The molecule has 3 rings (SSSR count). The summed E-state index contributed by atoms with van der Waals surface area (Å²) in [7, 11) is 5.16. The average Bonchev–Trinajstić information content (AvgIpc) is 3.34. The minimum Gasteiger partial charge on any atom is -0.351 e. The van der Waals surface area contributed by atoms with Crippen molar-refractivity contribution in [3.05, 3.63) is 54.1 Å². The maximum atomic E-state index is 12.7. The lowest BCUT2D eigenvalue weighted by atomic mass is 10.3. The predicted molar refractivity (Wildman–Crippen MR) is 108 cm³/mol. The van der Waals surface area contributed by atoms with Gasteiger partial charge in [-0.2, -0.15) is 0 Å². The van der Waals surface area contributed by atoms with Crippen LogP contribution in [-0.2, 0) is 21.1 Å². The predicted octanol–water partition coefficient (Wildman–Crippen LogP) is 1.35. The number of rotatable bonds is 6. The molecule has 3 amide bonds. The van der Waals surface area contributed by atoms with Gasteiger partial charge < -0.3 is 29.7 Å². The van der Waals surface area contributed by atoms with Crippen molar-refractivity contribution in [3.63, 3.8) is 0 Å².